The van der Waals surface area contributed by atoms with Gasteiger partial charge in [0.1, 0.15) is 5.75 Å². The van der Waals surface area contributed by atoms with Crippen molar-refractivity contribution >= 4 is 21.7 Å². The maximum atomic E-state index is 12.2. The summed E-state index contributed by atoms with van der Waals surface area (Å²) < 4.78 is 37.7. The number of hydrogen-bond acceptors (Lipinski definition) is 4. The van der Waals surface area contributed by atoms with Crippen molar-refractivity contribution in [2.75, 3.05) is 12.4 Å². The molecule has 2 N–H and O–H groups in total. The molecule has 32 heavy (non-hydrogen) atoms. The first kappa shape index (κ1) is 28.2. The molecule has 0 aliphatic heterocycles. The normalized spacial score (nSPS) is 11.7. The third-order valence-electron chi connectivity index (χ3n) is 5.40. The third-order valence-corrected chi connectivity index (χ3v) is 6.33. The molecule has 0 atom stereocenters. The van der Waals surface area contributed by atoms with E-state index in [1.54, 1.807) is 6.07 Å². The summed E-state index contributed by atoms with van der Waals surface area (Å²) in [6.45, 7) is 2.24. The molecule has 0 aromatic heterocycles. The molecule has 0 saturated carbocycles. The Kier molecular flexibility index (Phi) is 14.7. The minimum atomic E-state index is -4.52. The number of unbranched alkanes of at least 4 members (excludes halogenated alkanes) is 11. The number of carbonyl (C=O) groups excluding carboxylic acids is 1. The SMILES string of the molecule is CCCCCCCC/C=C\CCCCCCCC(=O)Nc1cccc(OC)c1S(=O)(=O)O. The predicted molar refractivity (Wildman–Crippen MR) is 131 cm³/mol. The van der Waals surface area contributed by atoms with Crippen LogP contribution in [0.25, 0.3) is 0 Å². The summed E-state index contributed by atoms with van der Waals surface area (Å²) in [5, 5.41) is 2.57. The minimum Gasteiger partial charge on any atom is -0.495 e. The number of ether oxygens (including phenoxy) is 1. The van der Waals surface area contributed by atoms with Gasteiger partial charge in [-0.25, -0.2) is 0 Å². The van der Waals surface area contributed by atoms with Crippen LogP contribution in [0.4, 0.5) is 5.69 Å². The van der Waals surface area contributed by atoms with Crippen LogP contribution in [0.5, 0.6) is 5.75 Å². The summed E-state index contributed by atoms with van der Waals surface area (Å²) in [5.41, 5.74) is 0.0320. The highest BCUT2D eigenvalue weighted by molar-refractivity contribution is 7.86. The van der Waals surface area contributed by atoms with Gasteiger partial charge in [-0.15, -0.1) is 0 Å². The van der Waals surface area contributed by atoms with E-state index >= 15 is 0 Å². The Morgan fingerprint density at radius 1 is 0.938 bits per heavy atom. The van der Waals surface area contributed by atoms with E-state index < -0.39 is 15.0 Å². The van der Waals surface area contributed by atoms with E-state index in [2.05, 4.69) is 24.4 Å². The van der Waals surface area contributed by atoms with Crippen LogP contribution < -0.4 is 10.1 Å². The van der Waals surface area contributed by atoms with Crippen molar-refractivity contribution in [3.05, 3.63) is 30.4 Å². The van der Waals surface area contributed by atoms with Crippen LogP contribution in [0.2, 0.25) is 0 Å². The van der Waals surface area contributed by atoms with E-state index in [0.29, 0.717) is 6.42 Å². The maximum absolute atomic E-state index is 12.2. The first-order chi connectivity index (χ1) is 15.4. The Bertz CT molecular complexity index is 790. The monoisotopic (exact) mass is 467 g/mol. The first-order valence-electron chi connectivity index (χ1n) is 12.0. The van der Waals surface area contributed by atoms with E-state index in [9.17, 15) is 17.8 Å². The number of rotatable bonds is 18. The highest BCUT2D eigenvalue weighted by atomic mass is 32.2. The molecule has 1 aromatic rings. The van der Waals surface area contributed by atoms with Crippen LogP contribution in [0.3, 0.4) is 0 Å². The fraction of sp³-hybridized carbons (Fsp3) is 0.640. The summed E-state index contributed by atoms with van der Waals surface area (Å²) in [5.74, 6) is -0.285. The zero-order chi connectivity index (χ0) is 23.7. The Balaban J connectivity index is 2.15. The quantitative estimate of drug-likeness (QED) is 0.139. The number of carbonyl (C=O) groups is 1. The van der Waals surface area contributed by atoms with Gasteiger partial charge in [0.2, 0.25) is 5.91 Å². The Labute approximate surface area is 194 Å². The molecule has 0 aliphatic carbocycles. The number of methoxy groups -OCH3 is 1. The fourth-order valence-corrected chi connectivity index (χ4v) is 4.41. The van der Waals surface area contributed by atoms with Gasteiger partial charge >= 0.3 is 0 Å². The van der Waals surface area contributed by atoms with Crippen molar-refractivity contribution in [2.45, 2.75) is 102 Å². The number of allylic oxidation sites excluding steroid dienone is 2. The Morgan fingerprint density at radius 2 is 1.50 bits per heavy atom. The number of nitrogens with one attached hydrogen (secondary N) is 1. The lowest BCUT2D eigenvalue weighted by Crippen LogP contribution is -2.14. The standard InChI is InChI=1S/C25H41NO5S/c1-3-4-5-6-7-8-9-10-11-12-13-14-15-16-17-21-24(27)26-22-19-18-20-23(31-2)25(22)32(28,29)30/h10-11,18-20H,3-9,12-17,21H2,1-2H3,(H,26,27)(H,28,29,30)/b11-10-. The van der Waals surface area contributed by atoms with Crippen molar-refractivity contribution in [2.24, 2.45) is 0 Å². The summed E-state index contributed by atoms with van der Waals surface area (Å²) in [6.07, 6.45) is 20.3. The second kappa shape index (κ2) is 16.7. The molecule has 7 heteroatoms. The molecule has 1 amide bonds. The lowest BCUT2D eigenvalue weighted by atomic mass is 10.1. The first-order valence-corrected chi connectivity index (χ1v) is 13.4. The van der Waals surface area contributed by atoms with E-state index in [1.807, 2.05) is 0 Å². The average molecular weight is 468 g/mol. The molecule has 1 rings (SSSR count). The summed E-state index contributed by atoms with van der Waals surface area (Å²) in [7, 11) is -3.21. The van der Waals surface area contributed by atoms with Crippen LogP contribution in [0.15, 0.2) is 35.2 Å². The molecule has 0 spiro atoms. The molecule has 6 nitrogen and oxygen atoms in total. The highest BCUT2D eigenvalue weighted by Gasteiger charge is 2.22. The molecular formula is C25H41NO5S. The van der Waals surface area contributed by atoms with Crippen molar-refractivity contribution in [1.29, 1.82) is 0 Å². The lowest BCUT2D eigenvalue weighted by Gasteiger charge is -2.12. The van der Waals surface area contributed by atoms with Crippen molar-refractivity contribution in [3.8, 4) is 5.75 Å². The fourth-order valence-electron chi connectivity index (χ4n) is 3.61. The number of amides is 1. The van der Waals surface area contributed by atoms with Gasteiger partial charge in [0.15, 0.2) is 4.90 Å². The third kappa shape index (κ3) is 12.2. The van der Waals surface area contributed by atoms with E-state index in [1.165, 1.54) is 70.6 Å². The largest absolute Gasteiger partial charge is 0.495 e. The second-order valence-corrected chi connectivity index (χ2v) is 9.55. The molecule has 0 fully saturated rings. The molecule has 0 saturated heterocycles. The van der Waals surface area contributed by atoms with E-state index in [-0.39, 0.29) is 17.3 Å². The molecule has 1 aromatic carbocycles. The summed E-state index contributed by atoms with van der Waals surface area (Å²) in [4.78, 5) is 11.8. The van der Waals surface area contributed by atoms with Gasteiger partial charge in [-0.1, -0.05) is 76.5 Å². The van der Waals surface area contributed by atoms with Crippen molar-refractivity contribution in [3.63, 3.8) is 0 Å². The Hall–Kier alpha value is -1.86. The van der Waals surface area contributed by atoms with Crippen LogP contribution in [0, 0.1) is 0 Å². The molecule has 0 bridgehead atoms. The second-order valence-electron chi connectivity index (χ2n) is 8.19. The van der Waals surface area contributed by atoms with Gasteiger partial charge in [-0.3, -0.25) is 9.35 Å². The molecular weight excluding hydrogens is 426 g/mol. The minimum absolute atomic E-state index is 0.00803. The van der Waals surface area contributed by atoms with Crippen LogP contribution in [0.1, 0.15) is 96.8 Å². The van der Waals surface area contributed by atoms with Gasteiger partial charge in [0.25, 0.3) is 10.1 Å². The smallest absolute Gasteiger partial charge is 0.300 e. The van der Waals surface area contributed by atoms with Gasteiger partial charge in [0, 0.05) is 6.42 Å². The molecule has 182 valence electrons. The van der Waals surface area contributed by atoms with Crippen LogP contribution in [-0.2, 0) is 14.9 Å². The summed E-state index contributed by atoms with van der Waals surface area (Å²) >= 11 is 0. The van der Waals surface area contributed by atoms with Gasteiger partial charge < -0.3 is 10.1 Å². The van der Waals surface area contributed by atoms with Gasteiger partial charge in [0.05, 0.1) is 12.8 Å². The average Bonchev–Trinajstić information content (AvgIpc) is 2.75. The van der Waals surface area contributed by atoms with Crippen molar-refractivity contribution in [1.82, 2.24) is 0 Å². The summed E-state index contributed by atoms with van der Waals surface area (Å²) in [6, 6.07) is 4.41. The Morgan fingerprint density at radius 3 is 2.06 bits per heavy atom. The zero-order valence-electron chi connectivity index (χ0n) is 19.8. The van der Waals surface area contributed by atoms with Gasteiger partial charge in [-0.05, 0) is 44.2 Å². The molecule has 0 radical (unpaired) electrons. The van der Waals surface area contributed by atoms with Crippen LogP contribution in [-0.4, -0.2) is 26.0 Å². The van der Waals surface area contributed by atoms with Crippen molar-refractivity contribution < 1.29 is 22.5 Å². The van der Waals surface area contributed by atoms with E-state index in [0.717, 1.165) is 32.1 Å². The predicted octanol–water partition coefficient (Wildman–Crippen LogP) is 6.92. The highest BCUT2D eigenvalue weighted by Crippen LogP contribution is 2.31. The maximum Gasteiger partial charge on any atom is 0.300 e. The molecule has 0 heterocycles. The number of benzene rings is 1. The van der Waals surface area contributed by atoms with Gasteiger partial charge in [-0.2, -0.15) is 8.42 Å². The number of anilines is 1. The van der Waals surface area contributed by atoms with E-state index in [4.69, 9.17) is 4.74 Å². The molecule has 0 aliphatic rings. The van der Waals surface area contributed by atoms with Crippen LogP contribution >= 0.6 is 0 Å². The molecule has 0 unspecified atom stereocenters. The lowest BCUT2D eigenvalue weighted by molar-refractivity contribution is -0.116. The topological polar surface area (TPSA) is 92.7 Å². The zero-order valence-corrected chi connectivity index (χ0v) is 20.6. The number of hydrogen-bond donors (Lipinski definition) is 2.